The van der Waals surface area contributed by atoms with Crippen LogP contribution in [-0.2, 0) is 0 Å². The number of benzene rings is 9. The van der Waals surface area contributed by atoms with Crippen LogP contribution in [0.25, 0.3) is 86.3 Å². The van der Waals surface area contributed by atoms with Crippen LogP contribution in [0.1, 0.15) is 0 Å². The third-order valence-electron chi connectivity index (χ3n) is 10.8. The van der Waals surface area contributed by atoms with Crippen LogP contribution < -0.4 is 4.90 Å². The van der Waals surface area contributed by atoms with Crippen molar-refractivity contribution < 1.29 is 4.42 Å². The van der Waals surface area contributed by atoms with Gasteiger partial charge in [-0.3, -0.25) is 0 Å². The van der Waals surface area contributed by atoms with Gasteiger partial charge in [0, 0.05) is 48.0 Å². The van der Waals surface area contributed by atoms with E-state index in [2.05, 4.69) is 193 Å². The molecule has 3 heteroatoms. The molecule has 11 rings (SSSR count). The molecule has 258 valence electrons. The zero-order valence-corrected chi connectivity index (χ0v) is 30.6. The van der Waals surface area contributed by atoms with Crippen LogP contribution in [0.3, 0.4) is 0 Å². The quantitative estimate of drug-likeness (QED) is 0.170. The average Bonchev–Trinajstić information content (AvgIpc) is 3.82. The SMILES string of the molecule is c1cc(-c2ccc3sc4ccccc4c3c2)cc(N(c2cccc(-c3cccc4ccccc34)c2)c2cccc(-c3cccc4oc5ccccc5c34)c2)c1. The molecule has 0 aliphatic carbocycles. The van der Waals surface area contributed by atoms with Gasteiger partial charge in [-0.1, -0.05) is 133 Å². The van der Waals surface area contributed by atoms with Crippen LogP contribution in [0.4, 0.5) is 17.1 Å². The van der Waals surface area contributed by atoms with Crippen molar-refractivity contribution in [3.05, 3.63) is 200 Å². The summed E-state index contributed by atoms with van der Waals surface area (Å²) in [6, 6.07) is 72.3. The molecule has 0 amide bonds. The second kappa shape index (κ2) is 12.9. The largest absolute Gasteiger partial charge is 0.456 e. The highest BCUT2D eigenvalue weighted by Crippen LogP contribution is 2.43. The third-order valence-corrected chi connectivity index (χ3v) is 12.0. The second-order valence-corrected chi connectivity index (χ2v) is 15.2. The maximum absolute atomic E-state index is 6.31. The molecule has 0 N–H and O–H groups in total. The van der Waals surface area contributed by atoms with Crippen LogP contribution in [0.15, 0.2) is 205 Å². The standard InChI is InChI=1S/C52H33NOS/c1-2-20-42-34(12-1)13-10-23-43(42)37-15-8-18-40(31-37)53(39-17-7-14-35(30-39)36-28-29-51-47(33-36)45-21-4-6-27-50(45)55-51)41-19-9-16-38(32-41)44-24-11-26-49-52(44)46-22-3-5-25-48(46)54-49/h1-33H. The first-order valence-corrected chi connectivity index (χ1v) is 19.5. The molecular formula is C52H33NOS. The first kappa shape index (κ1) is 31.6. The lowest BCUT2D eigenvalue weighted by Crippen LogP contribution is -2.10. The third kappa shape index (κ3) is 5.40. The van der Waals surface area contributed by atoms with E-state index in [4.69, 9.17) is 4.42 Å². The number of para-hydroxylation sites is 1. The van der Waals surface area contributed by atoms with E-state index in [0.717, 1.165) is 50.1 Å². The summed E-state index contributed by atoms with van der Waals surface area (Å²) in [5.41, 5.74) is 12.1. The fourth-order valence-electron chi connectivity index (χ4n) is 8.29. The Hall–Kier alpha value is -6.94. The van der Waals surface area contributed by atoms with E-state index in [1.165, 1.54) is 53.2 Å². The summed E-state index contributed by atoms with van der Waals surface area (Å²) < 4.78 is 8.94. The number of hydrogen-bond donors (Lipinski definition) is 0. The van der Waals surface area contributed by atoms with Crippen molar-refractivity contribution in [1.29, 1.82) is 0 Å². The van der Waals surface area contributed by atoms with Crippen molar-refractivity contribution in [3.63, 3.8) is 0 Å². The first-order valence-electron chi connectivity index (χ1n) is 18.7. The zero-order chi connectivity index (χ0) is 36.3. The topological polar surface area (TPSA) is 16.4 Å². The number of furan rings is 1. The number of anilines is 3. The molecule has 0 bridgehead atoms. The van der Waals surface area contributed by atoms with Gasteiger partial charge in [-0.25, -0.2) is 0 Å². The number of fused-ring (bicyclic) bond motifs is 7. The van der Waals surface area contributed by atoms with E-state index in [-0.39, 0.29) is 0 Å². The van der Waals surface area contributed by atoms with Crippen LogP contribution in [-0.4, -0.2) is 0 Å². The van der Waals surface area contributed by atoms with Gasteiger partial charge in [0.15, 0.2) is 0 Å². The Balaban J connectivity index is 1.09. The van der Waals surface area contributed by atoms with Crippen LogP contribution >= 0.6 is 11.3 Å². The van der Waals surface area contributed by atoms with Gasteiger partial charge in [-0.05, 0) is 111 Å². The van der Waals surface area contributed by atoms with Crippen LogP contribution in [0, 0.1) is 0 Å². The van der Waals surface area contributed by atoms with Crippen molar-refractivity contribution >= 4 is 81.3 Å². The molecule has 0 aliphatic heterocycles. The van der Waals surface area contributed by atoms with Crippen molar-refractivity contribution in [2.24, 2.45) is 0 Å². The van der Waals surface area contributed by atoms with Crippen molar-refractivity contribution in [1.82, 2.24) is 0 Å². The average molecular weight is 720 g/mol. The maximum atomic E-state index is 6.31. The summed E-state index contributed by atoms with van der Waals surface area (Å²) in [5.74, 6) is 0. The molecule has 0 atom stereocenters. The smallest absolute Gasteiger partial charge is 0.136 e. The minimum Gasteiger partial charge on any atom is -0.456 e. The lowest BCUT2D eigenvalue weighted by molar-refractivity contribution is 0.669. The fourth-order valence-corrected chi connectivity index (χ4v) is 9.38. The van der Waals surface area contributed by atoms with Gasteiger partial charge < -0.3 is 9.32 Å². The molecule has 0 unspecified atom stereocenters. The minimum atomic E-state index is 0.895. The Morgan fingerprint density at radius 3 is 1.71 bits per heavy atom. The van der Waals surface area contributed by atoms with Crippen LogP contribution in [0.2, 0.25) is 0 Å². The van der Waals surface area contributed by atoms with E-state index < -0.39 is 0 Å². The second-order valence-electron chi connectivity index (χ2n) is 14.1. The monoisotopic (exact) mass is 719 g/mol. The molecule has 2 aromatic heterocycles. The number of thiophene rings is 1. The number of hydrogen-bond acceptors (Lipinski definition) is 3. The zero-order valence-electron chi connectivity index (χ0n) is 29.8. The minimum absolute atomic E-state index is 0.895. The Bertz CT molecular complexity index is 3240. The number of nitrogens with zero attached hydrogens (tertiary/aromatic N) is 1. The lowest BCUT2D eigenvalue weighted by atomic mass is 9.97. The van der Waals surface area contributed by atoms with Gasteiger partial charge >= 0.3 is 0 Å². The van der Waals surface area contributed by atoms with Gasteiger partial charge in [0.05, 0.1) is 0 Å². The molecule has 11 aromatic rings. The van der Waals surface area contributed by atoms with Crippen molar-refractivity contribution in [2.45, 2.75) is 0 Å². The van der Waals surface area contributed by atoms with Gasteiger partial charge in [-0.2, -0.15) is 0 Å². The van der Waals surface area contributed by atoms with Gasteiger partial charge in [0.25, 0.3) is 0 Å². The molecular weight excluding hydrogens is 687 g/mol. The van der Waals surface area contributed by atoms with Crippen molar-refractivity contribution in [3.8, 4) is 33.4 Å². The fraction of sp³-hybridized carbons (Fsp3) is 0. The predicted molar refractivity (Wildman–Crippen MR) is 235 cm³/mol. The molecule has 0 spiro atoms. The predicted octanol–water partition coefficient (Wildman–Crippen LogP) is 15.6. The molecule has 55 heavy (non-hydrogen) atoms. The maximum Gasteiger partial charge on any atom is 0.136 e. The summed E-state index contributed by atoms with van der Waals surface area (Å²) in [6.45, 7) is 0. The molecule has 0 saturated carbocycles. The van der Waals surface area contributed by atoms with E-state index >= 15 is 0 Å². The molecule has 0 fully saturated rings. The Labute approximate surface area is 322 Å². The van der Waals surface area contributed by atoms with Gasteiger partial charge in [-0.15, -0.1) is 11.3 Å². The highest BCUT2D eigenvalue weighted by Gasteiger charge is 2.18. The highest BCUT2D eigenvalue weighted by atomic mass is 32.1. The highest BCUT2D eigenvalue weighted by molar-refractivity contribution is 7.25. The van der Waals surface area contributed by atoms with E-state index in [1.807, 2.05) is 23.5 Å². The van der Waals surface area contributed by atoms with E-state index in [9.17, 15) is 0 Å². The Morgan fingerprint density at radius 2 is 0.891 bits per heavy atom. The van der Waals surface area contributed by atoms with Gasteiger partial charge in [0.1, 0.15) is 11.2 Å². The molecule has 0 aliphatic rings. The van der Waals surface area contributed by atoms with E-state index in [1.54, 1.807) is 0 Å². The summed E-state index contributed by atoms with van der Waals surface area (Å²) in [6.07, 6.45) is 0. The lowest BCUT2D eigenvalue weighted by Gasteiger charge is -2.27. The first-order chi connectivity index (χ1) is 27.2. The molecule has 2 nitrogen and oxygen atoms in total. The van der Waals surface area contributed by atoms with Crippen LogP contribution in [0.5, 0.6) is 0 Å². The summed E-state index contributed by atoms with van der Waals surface area (Å²) in [4.78, 5) is 2.40. The van der Waals surface area contributed by atoms with Gasteiger partial charge in [0.2, 0.25) is 0 Å². The summed E-state index contributed by atoms with van der Waals surface area (Å²) in [5, 5.41) is 7.36. The normalized spacial score (nSPS) is 11.6. The Kier molecular flexibility index (Phi) is 7.39. The van der Waals surface area contributed by atoms with E-state index in [0.29, 0.717) is 0 Å². The number of rotatable bonds is 6. The van der Waals surface area contributed by atoms with Crippen molar-refractivity contribution in [2.75, 3.05) is 4.90 Å². The molecule has 9 aromatic carbocycles. The molecule has 0 saturated heterocycles. The molecule has 2 heterocycles. The summed E-state index contributed by atoms with van der Waals surface area (Å²) in [7, 11) is 0. The summed E-state index contributed by atoms with van der Waals surface area (Å²) >= 11 is 1.86. The Morgan fingerprint density at radius 1 is 0.345 bits per heavy atom. The molecule has 0 radical (unpaired) electrons.